The third kappa shape index (κ3) is 2.16. The van der Waals surface area contributed by atoms with E-state index in [1.54, 1.807) is 7.11 Å². The smallest absolute Gasteiger partial charge is 0.110 e. The van der Waals surface area contributed by atoms with Crippen molar-refractivity contribution in [2.24, 2.45) is 0 Å². The predicted molar refractivity (Wildman–Crippen MR) is 43.0 cm³/mol. The molecule has 0 bridgehead atoms. The second kappa shape index (κ2) is 4.14. The van der Waals surface area contributed by atoms with Gasteiger partial charge in [0.2, 0.25) is 0 Å². The molecule has 0 aromatic carbocycles. The SMILES string of the molecule is COC1CCCN1C.S. The molecular weight excluding hydrogens is 134 g/mol. The fraction of sp³-hybridized carbons (Fsp3) is 1.00. The predicted octanol–water partition coefficient (Wildman–Crippen LogP) is 0.797. The molecular formula is C6H15NOS. The highest BCUT2D eigenvalue weighted by Gasteiger charge is 2.18. The van der Waals surface area contributed by atoms with Gasteiger partial charge in [0, 0.05) is 13.7 Å². The highest BCUT2D eigenvalue weighted by Crippen LogP contribution is 2.13. The molecule has 0 N–H and O–H groups in total. The van der Waals surface area contributed by atoms with Crippen LogP contribution in [-0.4, -0.2) is 31.8 Å². The molecule has 1 aliphatic heterocycles. The molecule has 1 fully saturated rings. The Morgan fingerprint density at radius 1 is 1.56 bits per heavy atom. The van der Waals surface area contributed by atoms with Gasteiger partial charge < -0.3 is 4.74 Å². The number of methoxy groups -OCH3 is 1. The lowest BCUT2D eigenvalue weighted by molar-refractivity contribution is 0.0109. The molecule has 56 valence electrons. The van der Waals surface area contributed by atoms with Gasteiger partial charge >= 0.3 is 0 Å². The summed E-state index contributed by atoms with van der Waals surface area (Å²) < 4.78 is 5.15. The van der Waals surface area contributed by atoms with Crippen LogP contribution in [0.1, 0.15) is 12.8 Å². The molecule has 0 aromatic rings. The normalized spacial score (nSPS) is 28.0. The van der Waals surface area contributed by atoms with Gasteiger partial charge in [-0.3, -0.25) is 4.90 Å². The number of ether oxygens (including phenoxy) is 1. The standard InChI is InChI=1S/C6H13NO.H2S/c1-7-5-3-4-6(7)8-2;/h6H,3-5H2,1-2H3;1H2. The van der Waals surface area contributed by atoms with E-state index < -0.39 is 0 Å². The molecule has 1 atom stereocenters. The lowest BCUT2D eigenvalue weighted by Crippen LogP contribution is -2.25. The molecule has 1 aliphatic rings. The van der Waals surface area contributed by atoms with Crippen molar-refractivity contribution in [1.29, 1.82) is 0 Å². The number of hydrogen-bond acceptors (Lipinski definition) is 2. The zero-order valence-electron chi connectivity index (χ0n) is 6.05. The average Bonchev–Trinajstić information content (AvgIpc) is 2.14. The number of rotatable bonds is 1. The van der Waals surface area contributed by atoms with E-state index >= 15 is 0 Å². The van der Waals surface area contributed by atoms with Gasteiger partial charge in [0.25, 0.3) is 0 Å². The van der Waals surface area contributed by atoms with Crippen LogP contribution in [-0.2, 0) is 4.74 Å². The summed E-state index contributed by atoms with van der Waals surface area (Å²) >= 11 is 0. The fourth-order valence-electron chi connectivity index (χ4n) is 1.18. The third-order valence-corrected chi connectivity index (χ3v) is 1.73. The summed E-state index contributed by atoms with van der Waals surface area (Å²) in [6.45, 7) is 1.19. The summed E-state index contributed by atoms with van der Waals surface area (Å²) in [5.74, 6) is 0. The van der Waals surface area contributed by atoms with Crippen LogP contribution in [0.15, 0.2) is 0 Å². The van der Waals surface area contributed by atoms with Crippen LogP contribution in [0.3, 0.4) is 0 Å². The lowest BCUT2D eigenvalue weighted by atomic mass is 10.4. The van der Waals surface area contributed by atoms with Gasteiger partial charge in [-0.15, -0.1) is 0 Å². The number of hydrogen-bond donors (Lipinski definition) is 0. The highest BCUT2D eigenvalue weighted by atomic mass is 32.1. The minimum atomic E-state index is 0. The maximum atomic E-state index is 5.15. The van der Waals surface area contributed by atoms with Crippen LogP contribution in [0.2, 0.25) is 0 Å². The summed E-state index contributed by atoms with van der Waals surface area (Å²) in [4.78, 5) is 2.24. The van der Waals surface area contributed by atoms with Crippen molar-refractivity contribution in [1.82, 2.24) is 4.90 Å². The van der Waals surface area contributed by atoms with E-state index in [1.165, 1.54) is 19.4 Å². The topological polar surface area (TPSA) is 12.5 Å². The maximum Gasteiger partial charge on any atom is 0.110 e. The molecule has 1 saturated heterocycles. The van der Waals surface area contributed by atoms with Crippen molar-refractivity contribution in [3.05, 3.63) is 0 Å². The Morgan fingerprint density at radius 3 is 2.44 bits per heavy atom. The molecule has 0 spiro atoms. The van der Waals surface area contributed by atoms with E-state index in [1.807, 2.05) is 0 Å². The zero-order chi connectivity index (χ0) is 5.98. The Labute approximate surface area is 63.6 Å². The largest absolute Gasteiger partial charge is 0.366 e. The van der Waals surface area contributed by atoms with Gasteiger partial charge in [-0.25, -0.2) is 0 Å². The Morgan fingerprint density at radius 2 is 2.22 bits per heavy atom. The highest BCUT2D eigenvalue weighted by molar-refractivity contribution is 7.59. The Kier molecular flexibility index (Phi) is 4.27. The van der Waals surface area contributed by atoms with Gasteiger partial charge in [0.1, 0.15) is 6.23 Å². The monoisotopic (exact) mass is 149 g/mol. The van der Waals surface area contributed by atoms with Crippen molar-refractivity contribution in [3.63, 3.8) is 0 Å². The van der Waals surface area contributed by atoms with Crippen LogP contribution >= 0.6 is 13.5 Å². The molecule has 0 saturated carbocycles. The van der Waals surface area contributed by atoms with Gasteiger partial charge in [0.15, 0.2) is 0 Å². The molecule has 3 heteroatoms. The van der Waals surface area contributed by atoms with E-state index in [9.17, 15) is 0 Å². The first-order chi connectivity index (χ1) is 3.84. The van der Waals surface area contributed by atoms with E-state index in [2.05, 4.69) is 11.9 Å². The van der Waals surface area contributed by atoms with Crippen molar-refractivity contribution in [2.75, 3.05) is 20.7 Å². The molecule has 1 rings (SSSR count). The minimum Gasteiger partial charge on any atom is -0.366 e. The number of likely N-dealkylation sites (tertiary alicyclic amines) is 1. The minimum absolute atomic E-state index is 0. The van der Waals surface area contributed by atoms with Gasteiger partial charge in [-0.1, -0.05) is 0 Å². The molecule has 0 aromatic heterocycles. The van der Waals surface area contributed by atoms with Crippen LogP contribution in [0.4, 0.5) is 0 Å². The Balaban J connectivity index is 0.000000640. The second-order valence-electron chi connectivity index (χ2n) is 2.31. The summed E-state index contributed by atoms with van der Waals surface area (Å²) in [6.07, 6.45) is 2.89. The molecule has 9 heavy (non-hydrogen) atoms. The lowest BCUT2D eigenvalue weighted by Gasteiger charge is -2.16. The molecule has 1 unspecified atom stereocenters. The molecule has 0 aliphatic carbocycles. The van der Waals surface area contributed by atoms with Crippen molar-refractivity contribution in [2.45, 2.75) is 19.1 Å². The van der Waals surface area contributed by atoms with E-state index in [0.717, 1.165) is 0 Å². The quantitative estimate of drug-likeness (QED) is 0.547. The van der Waals surface area contributed by atoms with E-state index in [4.69, 9.17) is 4.74 Å². The summed E-state index contributed by atoms with van der Waals surface area (Å²) in [6, 6.07) is 0. The molecule has 1 heterocycles. The van der Waals surface area contributed by atoms with Crippen LogP contribution < -0.4 is 0 Å². The zero-order valence-corrected chi connectivity index (χ0v) is 7.05. The van der Waals surface area contributed by atoms with Gasteiger partial charge in [0.05, 0.1) is 0 Å². The van der Waals surface area contributed by atoms with Gasteiger partial charge in [-0.2, -0.15) is 13.5 Å². The van der Waals surface area contributed by atoms with E-state index in [-0.39, 0.29) is 13.5 Å². The van der Waals surface area contributed by atoms with Crippen LogP contribution in [0, 0.1) is 0 Å². The molecule has 0 radical (unpaired) electrons. The first-order valence-electron chi connectivity index (χ1n) is 3.07. The third-order valence-electron chi connectivity index (χ3n) is 1.73. The Hall–Kier alpha value is 0.270. The summed E-state index contributed by atoms with van der Waals surface area (Å²) in [5.41, 5.74) is 0. The van der Waals surface area contributed by atoms with E-state index in [0.29, 0.717) is 6.23 Å². The number of nitrogens with zero attached hydrogens (tertiary/aromatic N) is 1. The van der Waals surface area contributed by atoms with Crippen molar-refractivity contribution < 1.29 is 4.74 Å². The molecule has 2 nitrogen and oxygen atoms in total. The average molecular weight is 149 g/mol. The first-order valence-corrected chi connectivity index (χ1v) is 3.07. The van der Waals surface area contributed by atoms with Crippen LogP contribution in [0.5, 0.6) is 0 Å². The second-order valence-corrected chi connectivity index (χ2v) is 2.31. The van der Waals surface area contributed by atoms with Crippen molar-refractivity contribution >= 4 is 13.5 Å². The van der Waals surface area contributed by atoms with Crippen LogP contribution in [0.25, 0.3) is 0 Å². The fourth-order valence-corrected chi connectivity index (χ4v) is 1.18. The molecule has 0 amide bonds. The van der Waals surface area contributed by atoms with Crippen molar-refractivity contribution in [3.8, 4) is 0 Å². The first kappa shape index (κ1) is 9.27. The van der Waals surface area contributed by atoms with Gasteiger partial charge in [-0.05, 0) is 19.9 Å². The summed E-state index contributed by atoms with van der Waals surface area (Å²) in [7, 11) is 3.87. The maximum absolute atomic E-state index is 5.15. The summed E-state index contributed by atoms with van der Waals surface area (Å²) in [5, 5.41) is 0. The Bertz CT molecular complexity index is 79.5.